The van der Waals surface area contributed by atoms with E-state index in [0.29, 0.717) is 23.3 Å². The molecule has 0 aliphatic carbocycles. The molecule has 0 saturated heterocycles. The van der Waals surface area contributed by atoms with Crippen molar-refractivity contribution < 1.29 is 26.4 Å². The maximum absolute atomic E-state index is 13.5. The van der Waals surface area contributed by atoms with Gasteiger partial charge >= 0.3 is 6.18 Å². The molecule has 1 amide bonds. The number of hydrogen-bond acceptors (Lipinski definition) is 7. The van der Waals surface area contributed by atoms with Gasteiger partial charge in [0, 0.05) is 30.2 Å². The Labute approximate surface area is 198 Å². The minimum absolute atomic E-state index is 0.0851. The lowest BCUT2D eigenvalue weighted by Gasteiger charge is -2.25. The summed E-state index contributed by atoms with van der Waals surface area (Å²) >= 11 is 0. The van der Waals surface area contributed by atoms with E-state index in [4.69, 9.17) is 5.73 Å². The second-order valence-electron chi connectivity index (χ2n) is 7.71. The van der Waals surface area contributed by atoms with Crippen molar-refractivity contribution >= 4 is 38.2 Å². The van der Waals surface area contributed by atoms with Crippen LogP contribution < -0.4 is 10.6 Å². The molecule has 0 spiro atoms. The number of nitrogen functional groups attached to an aromatic ring is 1. The van der Waals surface area contributed by atoms with Crippen molar-refractivity contribution in [2.75, 3.05) is 16.9 Å². The zero-order valence-corrected chi connectivity index (χ0v) is 19.0. The highest BCUT2D eigenvalue weighted by atomic mass is 32.2. The summed E-state index contributed by atoms with van der Waals surface area (Å²) in [5, 5.41) is 0.387. The fourth-order valence-electron chi connectivity index (χ4n) is 3.47. The van der Waals surface area contributed by atoms with Crippen molar-refractivity contribution in [2.45, 2.75) is 17.7 Å². The van der Waals surface area contributed by atoms with Crippen LogP contribution in [0.3, 0.4) is 0 Å². The summed E-state index contributed by atoms with van der Waals surface area (Å²) in [6, 6.07) is 12.0. The molecule has 4 aromatic rings. The average Bonchev–Trinajstić information content (AvgIpc) is 2.81. The van der Waals surface area contributed by atoms with Gasteiger partial charge in [-0.1, -0.05) is 12.1 Å². The van der Waals surface area contributed by atoms with Crippen LogP contribution >= 0.6 is 0 Å². The van der Waals surface area contributed by atoms with Gasteiger partial charge in [-0.2, -0.15) is 13.2 Å². The summed E-state index contributed by atoms with van der Waals surface area (Å²) in [5.74, 6) is -0.605. The number of benzene rings is 1. The van der Waals surface area contributed by atoms with E-state index in [1.165, 1.54) is 18.3 Å². The number of hydrogen-bond donors (Lipinski definition) is 1. The number of rotatable bonds is 5. The molecule has 1 aromatic carbocycles. The molecule has 4 rings (SSSR count). The molecule has 0 bridgehead atoms. The van der Waals surface area contributed by atoms with E-state index in [0.717, 1.165) is 22.7 Å². The SMILES string of the molecule is CS(=O)(=O)c1ncccc1N(Cc1ccc2ccc(N)nc2c1)C(=O)c1cncc(C(F)(F)F)c1. The highest BCUT2D eigenvalue weighted by molar-refractivity contribution is 7.90. The standard InChI is InChI=1S/C23H18F3N5O3S/c1-35(33,34)21-19(3-2-8-29-21)31(22(32)16-10-17(12-28-11-16)23(24,25)26)13-14-4-5-15-6-7-20(27)30-18(15)9-14/h2-12H,13H2,1H3,(H2,27,30). The maximum atomic E-state index is 13.5. The van der Waals surface area contributed by atoms with Crippen molar-refractivity contribution in [3.8, 4) is 0 Å². The van der Waals surface area contributed by atoms with Gasteiger partial charge in [0.1, 0.15) is 5.82 Å². The van der Waals surface area contributed by atoms with Crippen LogP contribution in [-0.4, -0.2) is 35.5 Å². The third-order valence-electron chi connectivity index (χ3n) is 5.07. The summed E-state index contributed by atoms with van der Waals surface area (Å²) in [7, 11) is -3.89. The molecule has 0 aliphatic rings. The van der Waals surface area contributed by atoms with Gasteiger partial charge < -0.3 is 10.6 Å². The Morgan fingerprint density at radius 2 is 1.83 bits per heavy atom. The molecule has 0 saturated carbocycles. The second kappa shape index (κ2) is 8.95. The van der Waals surface area contributed by atoms with Crippen molar-refractivity contribution in [3.05, 3.63) is 83.8 Å². The Balaban J connectivity index is 1.85. The van der Waals surface area contributed by atoms with E-state index < -0.39 is 32.5 Å². The van der Waals surface area contributed by atoms with Gasteiger partial charge in [-0.15, -0.1) is 0 Å². The summed E-state index contributed by atoms with van der Waals surface area (Å²) in [6.07, 6.45) is -0.951. The number of aromatic nitrogens is 3. The van der Waals surface area contributed by atoms with Gasteiger partial charge in [-0.05, 0) is 42.0 Å². The number of amides is 1. The minimum atomic E-state index is -4.72. The van der Waals surface area contributed by atoms with Crippen LogP contribution in [0.2, 0.25) is 0 Å². The Morgan fingerprint density at radius 3 is 2.54 bits per heavy atom. The second-order valence-corrected chi connectivity index (χ2v) is 9.65. The molecule has 0 aliphatic heterocycles. The molecule has 0 unspecified atom stereocenters. The Bertz CT molecular complexity index is 1540. The fraction of sp³-hybridized carbons (Fsp3) is 0.130. The maximum Gasteiger partial charge on any atom is 0.417 e. The number of sulfone groups is 1. The number of fused-ring (bicyclic) bond motifs is 1. The van der Waals surface area contributed by atoms with Crippen LogP contribution in [0.25, 0.3) is 10.9 Å². The Kier molecular flexibility index (Phi) is 6.15. The molecule has 0 fully saturated rings. The van der Waals surface area contributed by atoms with Crippen LogP contribution in [-0.2, 0) is 22.6 Å². The summed E-state index contributed by atoms with van der Waals surface area (Å²) in [6.45, 7) is -0.185. The van der Waals surface area contributed by atoms with Crippen molar-refractivity contribution in [1.29, 1.82) is 0 Å². The Hall–Kier alpha value is -4.06. The molecular weight excluding hydrogens is 483 g/mol. The number of alkyl halides is 3. The molecule has 0 atom stereocenters. The molecule has 180 valence electrons. The number of nitrogens with zero attached hydrogens (tertiary/aromatic N) is 4. The molecule has 12 heteroatoms. The summed E-state index contributed by atoms with van der Waals surface area (Å²) < 4.78 is 64.5. The van der Waals surface area contributed by atoms with E-state index in [1.54, 1.807) is 30.3 Å². The lowest BCUT2D eigenvalue weighted by Crippen LogP contribution is -2.32. The number of halogens is 3. The summed E-state index contributed by atoms with van der Waals surface area (Å²) in [4.78, 5) is 26.2. The smallest absolute Gasteiger partial charge is 0.384 e. The highest BCUT2D eigenvalue weighted by Crippen LogP contribution is 2.31. The zero-order valence-electron chi connectivity index (χ0n) is 18.2. The fourth-order valence-corrected chi connectivity index (χ4v) is 4.28. The monoisotopic (exact) mass is 501 g/mol. The largest absolute Gasteiger partial charge is 0.417 e. The number of pyridine rings is 3. The normalized spacial score (nSPS) is 12.0. The first kappa shape index (κ1) is 24.1. The molecule has 35 heavy (non-hydrogen) atoms. The van der Waals surface area contributed by atoms with E-state index in [2.05, 4.69) is 15.0 Å². The lowest BCUT2D eigenvalue weighted by molar-refractivity contribution is -0.137. The van der Waals surface area contributed by atoms with Crippen molar-refractivity contribution in [2.24, 2.45) is 0 Å². The molecule has 0 radical (unpaired) electrons. The first-order chi connectivity index (χ1) is 16.4. The quantitative estimate of drug-likeness (QED) is 0.441. The minimum Gasteiger partial charge on any atom is -0.384 e. The van der Waals surface area contributed by atoms with Crippen LogP contribution in [0, 0.1) is 0 Å². The first-order valence-electron chi connectivity index (χ1n) is 10.1. The average molecular weight is 501 g/mol. The lowest BCUT2D eigenvalue weighted by atomic mass is 10.1. The molecular formula is C23H18F3N5O3S. The van der Waals surface area contributed by atoms with Crippen LogP contribution in [0.15, 0.2) is 72.1 Å². The predicted octanol–water partition coefficient (Wildman–Crippen LogP) is 3.88. The summed E-state index contributed by atoms with van der Waals surface area (Å²) in [5.41, 5.74) is 5.26. The van der Waals surface area contributed by atoms with Gasteiger partial charge in [0.05, 0.1) is 28.9 Å². The van der Waals surface area contributed by atoms with E-state index in [9.17, 15) is 26.4 Å². The van der Waals surface area contributed by atoms with Gasteiger partial charge in [0.2, 0.25) is 0 Å². The van der Waals surface area contributed by atoms with E-state index in [1.807, 2.05) is 0 Å². The number of carbonyl (C=O) groups is 1. The van der Waals surface area contributed by atoms with Crippen molar-refractivity contribution in [1.82, 2.24) is 15.0 Å². The zero-order chi connectivity index (χ0) is 25.4. The van der Waals surface area contributed by atoms with Gasteiger partial charge in [-0.3, -0.25) is 9.78 Å². The molecule has 3 aromatic heterocycles. The number of anilines is 2. The topological polar surface area (TPSA) is 119 Å². The number of carbonyl (C=O) groups excluding carboxylic acids is 1. The van der Waals surface area contributed by atoms with E-state index in [-0.39, 0.29) is 23.6 Å². The number of nitrogens with two attached hydrogens (primary N) is 1. The third kappa shape index (κ3) is 5.22. The van der Waals surface area contributed by atoms with Crippen molar-refractivity contribution in [3.63, 3.8) is 0 Å². The van der Waals surface area contributed by atoms with Gasteiger partial charge in [0.15, 0.2) is 14.9 Å². The molecule has 2 N–H and O–H groups in total. The Morgan fingerprint density at radius 1 is 1.09 bits per heavy atom. The molecule has 8 nitrogen and oxygen atoms in total. The third-order valence-corrected chi connectivity index (χ3v) is 6.09. The predicted molar refractivity (Wildman–Crippen MR) is 123 cm³/mol. The van der Waals surface area contributed by atoms with Gasteiger partial charge in [-0.25, -0.2) is 18.4 Å². The van der Waals surface area contributed by atoms with E-state index >= 15 is 0 Å². The van der Waals surface area contributed by atoms with Gasteiger partial charge in [0.25, 0.3) is 5.91 Å². The highest BCUT2D eigenvalue weighted by Gasteiger charge is 2.33. The first-order valence-corrected chi connectivity index (χ1v) is 12.0. The molecule has 3 heterocycles. The van der Waals surface area contributed by atoms with Crippen LogP contribution in [0.4, 0.5) is 24.7 Å². The van der Waals surface area contributed by atoms with Crippen LogP contribution in [0.1, 0.15) is 21.5 Å². The van der Waals surface area contributed by atoms with Crippen LogP contribution in [0.5, 0.6) is 0 Å².